The van der Waals surface area contributed by atoms with Crippen LogP contribution in [-0.4, -0.2) is 48.7 Å². The van der Waals surface area contributed by atoms with Crippen LogP contribution in [0.25, 0.3) is 0 Å². The maximum atomic E-state index is 8.74. The van der Waals surface area contributed by atoms with Crippen molar-refractivity contribution in [2.45, 2.75) is 25.8 Å². The Bertz CT molecular complexity index is 520. The Kier molecular flexibility index (Phi) is 5.47. The summed E-state index contributed by atoms with van der Waals surface area (Å²) in [5, 5.41) is 11.8. The first kappa shape index (κ1) is 16.1. The molecule has 0 aliphatic carbocycles. The molecule has 1 heterocycles. The van der Waals surface area contributed by atoms with Gasteiger partial charge in [-0.1, -0.05) is 12.1 Å². The molecule has 1 aromatic rings. The Morgan fingerprint density at radius 3 is 2.95 bits per heavy atom. The molecule has 0 radical (unpaired) electrons. The van der Waals surface area contributed by atoms with Crippen LogP contribution >= 0.6 is 15.9 Å². The molecule has 21 heavy (non-hydrogen) atoms. The molecule has 3 N–H and O–H groups in total. The van der Waals surface area contributed by atoms with Gasteiger partial charge >= 0.3 is 0 Å². The van der Waals surface area contributed by atoms with Crippen LogP contribution in [0.4, 0.5) is 5.69 Å². The molecule has 1 saturated heterocycles. The van der Waals surface area contributed by atoms with Gasteiger partial charge in [0.15, 0.2) is 5.84 Å². The molecular weight excluding hydrogens is 332 g/mol. The van der Waals surface area contributed by atoms with Crippen molar-refractivity contribution in [3.05, 3.63) is 28.2 Å². The third kappa shape index (κ3) is 3.68. The summed E-state index contributed by atoms with van der Waals surface area (Å²) in [6.07, 6.45) is 2.55. The molecule has 0 spiro atoms. The van der Waals surface area contributed by atoms with Crippen LogP contribution in [0.15, 0.2) is 27.8 Å². The van der Waals surface area contributed by atoms with Crippen LogP contribution in [0.2, 0.25) is 0 Å². The van der Waals surface area contributed by atoms with Crippen molar-refractivity contribution >= 4 is 27.5 Å². The van der Waals surface area contributed by atoms with Gasteiger partial charge in [-0.3, -0.25) is 4.90 Å². The second-order valence-corrected chi connectivity index (χ2v) is 6.31. The quantitative estimate of drug-likeness (QED) is 0.369. The second-order valence-electron chi connectivity index (χ2n) is 5.46. The molecule has 5 nitrogen and oxygen atoms in total. The van der Waals surface area contributed by atoms with Crippen molar-refractivity contribution in [1.82, 2.24) is 4.90 Å². The van der Waals surface area contributed by atoms with E-state index in [1.165, 1.54) is 19.4 Å². The Morgan fingerprint density at radius 2 is 2.33 bits per heavy atom. The summed E-state index contributed by atoms with van der Waals surface area (Å²) in [6.45, 7) is 5.55. The number of oxime groups is 1. The highest BCUT2D eigenvalue weighted by Crippen LogP contribution is 2.28. The highest BCUT2D eigenvalue weighted by atomic mass is 79.9. The van der Waals surface area contributed by atoms with Crippen molar-refractivity contribution in [2.75, 3.05) is 31.6 Å². The highest BCUT2D eigenvalue weighted by Gasteiger charge is 2.24. The lowest BCUT2D eigenvalue weighted by Gasteiger charge is -2.29. The molecule has 116 valence electrons. The van der Waals surface area contributed by atoms with Gasteiger partial charge in [-0.2, -0.15) is 0 Å². The Balaban J connectivity index is 2.10. The minimum absolute atomic E-state index is 0.123. The normalized spacial score (nSPS) is 20.0. The van der Waals surface area contributed by atoms with Crippen molar-refractivity contribution in [3.63, 3.8) is 0 Å². The van der Waals surface area contributed by atoms with Gasteiger partial charge < -0.3 is 15.8 Å². The number of hydrogen-bond donors (Lipinski definition) is 2. The van der Waals surface area contributed by atoms with Crippen LogP contribution in [0, 0.1) is 0 Å². The van der Waals surface area contributed by atoms with E-state index in [1.54, 1.807) is 0 Å². The first-order chi connectivity index (χ1) is 10.1. The standard InChI is InChI=1S/C15H23BrN4O/c1-3-20-8-4-5-12(20)10-19(2)14-7-6-11(9-13(14)16)15(17)18-21/h6-7,9,12,21H,3-5,8,10H2,1-2H3,(H2,17,18). The number of nitrogens with zero attached hydrogens (tertiary/aromatic N) is 3. The predicted octanol–water partition coefficient (Wildman–Crippen LogP) is 2.46. The molecule has 0 saturated carbocycles. The Hall–Kier alpha value is -1.27. The lowest BCUT2D eigenvalue weighted by molar-refractivity contribution is 0.270. The smallest absolute Gasteiger partial charge is 0.170 e. The van der Waals surface area contributed by atoms with E-state index in [2.05, 4.69) is 44.9 Å². The van der Waals surface area contributed by atoms with Gasteiger partial charge in [0.2, 0.25) is 0 Å². The zero-order chi connectivity index (χ0) is 15.4. The molecule has 1 unspecified atom stereocenters. The first-order valence-corrected chi connectivity index (χ1v) is 8.08. The van der Waals surface area contributed by atoms with E-state index in [4.69, 9.17) is 10.9 Å². The van der Waals surface area contributed by atoms with Crippen molar-refractivity contribution < 1.29 is 5.21 Å². The first-order valence-electron chi connectivity index (χ1n) is 7.29. The molecule has 2 rings (SSSR count). The summed E-state index contributed by atoms with van der Waals surface area (Å²) < 4.78 is 0.954. The summed E-state index contributed by atoms with van der Waals surface area (Å²) in [7, 11) is 2.11. The number of halogens is 1. The van der Waals surface area contributed by atoms with E-state index < -0.39 is 0 Å². The fraction of sp³-hybridized carbons (Fsp3) is 0.533. The lowest BCUT2D eigenvalue weighted by Crippen LogP contribution is -2.38. The van der Waals surface area contributed by atoms with Crippen molar-refractivity contribution in [3.8, 4) is 0 Å². The zero-order valence-corrected chi connectivity index (χ0v) is 14.2. The number of anilines is 1. The molecular formula is C15H23BrN4O. The van der Waals surface area contributed by atoms with Crippen LogP contribution in [0.5, 0.6) is 0 Å². The average Bonchev–Trinajstić information content (AvgIpc) is 2.93. The predicted molar refractivity (Wildman–Crippen MR) is 90.2 cm³/mol. The molecule has 1 aromatic carbocycles. The molecule has 6 heteroatoms. The molecule has 1 aliphatic heterocycles. The van der Waals surface area contributed by atoms with E-state index >= 15 is 0 Å². The minimum atomic E-state index is 0.123. The number of rotatable bonds is 5. The van der Waals surface area contributed by atoms with E-state index in [-0.39, 0.29) is 5.84 Å². The summed E-state index contributed by atoms with van der Waals surface area (Å²) in [6, 6.07) is 6.38. The maximum absolute atomic E-state index is 8.74. The monoisotopic (exact) mass is 354 g/mol. The molecule has 1 aliphatic rings. The summed E-state index contributed by atoms with van der Waals surface area (Å²) in [5.74, 6) is 0.123. The second kappa shape index (κ2) is 7.13. The van der Waals surface area contributed by atoms with Crippen molar-refractivity contribution in [2.24, 2.45) is 10.9 Å². The van der Waals surface area contributed by atoms with Gasteiger partial charge in [0.05, 0.1) is 5.69 Å². The summed E-state index contributed by atoms with van der Waals surface area (Å²) in [5.41, 5.74) is 7.44. The van der Waals surface area contributed by atoms with E-state index in [0.717, 1.165) is 23.2 Å². The fourth-order valence-electron chi connectivity index (χ4n) is 2.97. The average molecular weight is 355 g/mol. The number of amidine groups is 1. The fourth-order valence-corrected chi connectivity index (χ4v) is 3.65. The highest BCUT2D eigenvalue weighted by molar-refractivity contribution is 9.10. The van der Waals surface area contributed by atoms with E-state index in [9.17, 15) is 0 Å². The van der Waals surface area contributed by atoms with Gasteiger partial charge in [0.25, 0.3) is 0 Å². The summed E-state index contributed by atoms with van der Waals surface area (Å²) in [4.78, 5) is 4.80. The molecule has 0 aromatic heterocycles. The Morgan fingerprint density at radius 1 is 1.57 bits per heavy atom. The lowest BCUT2D eigenvalue weighted by atomic mass is 10.1. The molecule has 0 amide bonds. The van der Waals surface area contributed by atoms with Crippen LogP contribution in [-0.2, 0) is 0 Å². The van der Waals surface area contributed by atoms with E-state index in [1.807, 2.05) is 18.2 Å². The Labute approximate surface area is 134 Å². The topological polar surface area (TPSA) is 65.1 Å². The largest absolute Gasteiger partial charge is 0.409 e. The van der Waals surface area contributed by atoms with Gasteiger partial charge in [0.1, 0.15) is 0 Å². The molecule has 1 fully saturated rings. The SMILES string of the molecule is CCN1CCCC1CN(C)c1ccc(/C(N)=N/O)cc1Br. The van der Waals surface area contributed by atoms with Crippen LogP contribution in [0.1, 0.15) is 25.3 Å². The van der Waals surface area contributed by atoms with E-state index in [0.29, 0.717) is 11.6 Å². The van der Waals surface area contributed by atoms with Crippen LogP contribution in [0.3, 0.4) is 0 Å². The third-order valence-corrected chi connectivity index (χ3v) is 4.79. The van der Waals surface area contributed by atoms with Crippen LogP contribution < -0.4 is 10.6 Å². The summed E-state index contributed by atoms with van der Waals surface area (Å²) >= 11 is 3.58. The number of likely N-dealkylation sites (N-methyl/N-ethyl adjacent to an activating group) is 2. The van der Waals surface area contributed by atoms with Gasteiger partial charge in [-0.05, 0) is 60.1 Å². The molecule has 0 bridgehead atoms. The minimum Gasteiger partial charge on any atom is -0.409 e. The van der Waals surface area contributed by atoms with Gasteiger partial charge in [-0.25, -0.2) is 0 Å². The zero-order valence-electron chi connectivity index (χ0n) is 12.6. The van der Waals surface area contributed by atoms with Crippen molar-refractivity contribution in [1.29, 1.82) is 0 Å². The van der Waals surface area contributed by atoms with Gasteiger partial charge in [0, 0.05) is 29.7 Å². The number of likely N-dealkylation sites (tertiary alicyclic amines) is 1. The number of hydrogen-bond acceptors (Lipinski definition) is 4. The number of benzene rings is 1. The third-order valence-electron chi connectivity index (χ3n) is 4.15. The maximum Gasteiger partial charge on any atom is 0.170 e. The molecule has 1 atom stereocenters. The number of nitrogens with two attached hydrogens (primary N) is 1. The van der Waals surface area contributed by atoms with Gasteiger partial charge in [-0.15, -0.1) is 0 Å².